The zero-order valence-electron chi connectivity index (χ0n) is 26.1. The first-order chi connectivity index (χ1) is 23.1. The van der Waals surface area contributed by atoms with Gasteiger partial charge in [-0.05, 0) is 30.7 Å². The zero-order chi connectivity index (χ0) is 34.2. The summed E-state index contributed by atoms with van der Waals surface area (Å²) in [6.07, 6.45) is 3.44. The molecule has 2 saturated heterocycles. The van der Waals surface area contributed by atoms with Gasteiger partial charge in [0.15, 0.2) is 0 Å². The van der Waals surface area contributed by atoms with Crippen LogP contribution < -0.4 is 15.9 Å². The van der Waals surface area contributed by atoms with Crippen LogP contribution in [-0.2, 0) is 28.0 Å². The molecule has 6 rings (SSSR count). The van der Waals surface area contributed by atoms with E-state index in [-0.39, 0.29) is 23.7 Å². The highest BCUT2D eigenvalue weighted by Gasteiger charge is 2.60. The molecule has 14 nitrogen and oxygen atoms in total. The SMILES string of the molecule is CCCCn1nncc1SCC1(C(=O)O)CS[C@@H]2C(N(C(=O)CNC(=O)n3c(=O)n(C)c4ccccc43)c3ccccc3F)C(=O)N2C1. The fourth-order valence-corrected chi connectivity index (χ4v) is 8.77. The van der Waals surface area contributed by atoms with Gasteiger partial charge in [-0.3, -0.25) is 23.9 Å². The fraction of sp³-hybridized carbons (Fsp3) is 0.387. The average Bonchev–Trinajstić information content (AvgIpc) is 3.65. The van der Waals surface area contributed by atoms with Crippen molar-refractivity contribution in [1.29, 1.82) is 0 Å². The van der Waals surface area contributed by atoms with Crippen LogP contribution in [0.2, 0.25) is 0 Å². The van der Waals surface area contributed by atoms with Crippen molar-refractivity contribution in [2.45, 2.75) is 42.8 Å². The first kappa shape index (κ1) is 33.3. The van der Waals surface area contributed by atoms with Gasteiger partial charge in [0.2, 0.25) is 11.8 Å². The Balaban J connectivity index is 1.20. The Morgan fingerprint density at radius 3 is 2.60 bits per heavy atom. The molecule has 252 valence electrons. The molecule has 0 spiro atoms. The number of nitrogens with one attached hydrogen (secondary N) is 1. The van der Waals surface area contributed by atoms with Gasteiger partial charge in [-0.25, -0.2) is 23.2 Å². The van der Waals surface area contributed by atoms with E-state index in [0.29, 0.717) is 17.6 Å². The molecule has 2 fully saturated rings. The smallest absolute Gasteiger partial charge is 0.337 e. The summed E-state index contributed by atoms with van der Waals surface area (Å²) in [6, 6.07) is 10.2. The van der Waals surface area contributed by atoms with Crippen molar-refractivity contribution >= 4 is 64.1 Å². The number of imidazole rings is 1. The van der Waals surface area contributed by atoms with Crippen LogP contribution in [0.3, 0.4) is 0 Å². The molecule has 17 heteroatoms. The van der Waals surface area contributed by atoms with E-state index in [9.17, 15) is 29.1 Å². The van der Waals surface area contributed by atoms with Gasteiger partial charge >= 0.3 is 17.7 Å². The normalized spacial score (nSPS) is 20.3. The molecule has 2 aromatic carbocycles. The third kappa shape index (κ3) is 5.85. The van der Waals surface area contributed by atoms with Crippen LogP contribution in [0.15, 0.2) is 64.5 Å². The second kappa shape index (κ2) is 13.5. The number of halogens is 1. The fourth-order valence-electron chi connectivity index (χ4n) is 5.91. The minimum Gasteiger partial charge on any atom is -0.481 e. The number of unbranched alkanes of at least 4 members (excludes halogenated alkanes) is 1. The molecule has 2 aliphatic rings. The van der Waals surface area contributed by atoms with Crippen molar-refractivity contribution in [3.8, 4) is 0 Å². The Hall–Kier alpha value is -4.64. The molecule has 0 bridgehead atoms. The van der Waals surface area contributed by atoms with E-state index in [1.807, 2.05) is 0 Å². The van der Waals surface area contributed by atoms with Gasteiger partial charge in [-0.2, -0.15) is 0 Å². The Morgan fingerprint density at radius 2 is 1.88 bits per heavy atom. The molecule has 2 unspecified atom stereocenters. The number of aliphatic carboxylic acids is 1. The molecule has 0 radical (unpaired) electrons. The molecule has 2 aromatic heterocycles. The average molecular weight is 697 g/mol. The van der Waals surface area contributed by atoms with Crippen molar-refractivity contribution < 1.29 is 28.7 Å². The van der Waals surface area contributed by atoms with Gasteiger partial charge in [0.25, 0.3) is 0 Å². The van der Waals surface area contributed by atoms with E-state index in [1.165, 1.54) is 58.2 Å². The summed E-state index contributed by atoms with van der Waals surface area (Å²) in [5.74, 6) is -2.83. The van der Waals surface area contributed by atoms with E-state index in [2.05, 4.69) is 22.6 Å². The lowest BCUT2D eigenvalue weighted by molar-refractivity contribution is -0.156. The molecule has 3 atom stereocenters. The number of nitrogens with zero attached hydrogens (tertiary/aromatic N) is 7. The molecule has 0 aliphatic carbocycles. The largest absolute Gasteiger partial charge is 0.481 e. The molecule has 4 heterocycles. The highest BCUT2D eigenvalue weighted by molar-refractivity contribution is 8.00. The number of carbonyl (C=O) groups is 4. The highest BCUT2D eigenvalue weighted by atomic mass is 32.2. The number of aryl methyl sites for hydroxylation is 2. The van der Waals surface area contributed by atoms with Gasteiger partial charge in [-0.1, -0.05) is 42.8 Å². The molecular weight excluding hydrogens is 664 g/mol. The van der Waals surface area contributed by atoms with E-state index in [4.69, 9.17) is 0 Å². The predicted octanol–water partition coefficient (Wildman–Crippen LogP) is 2.61. The second-order valence-corrected chi connectivity index (χ2v) is 13.8. The van der Waals surface area contributed by atoms with Crippen LogP contribution in [-0.4, -0.2) is 94.0 Å². The second-order valence-electron chi connectivity index (χ2n) is 11.7. The minimum atomic E-state index is -1.29. The van der Waals surface area contributed by atoms with E-state index in [1.54, 1.807) is 35.1 Å². The summed E-state index contributed by atoms with van der Waals surface area (Å²) < 4.78 is 19.1. The Kier molecular flexibility index (Phi) is 9.33. The maximum atomic E-state index is 15.2. The Bertz CT molecular complexity index is 1960. The van der Waals surface area contributed by atoms with Gasteiger partial charge in [-0.15, -0.1) is 28.6 Å². The third-order valence-corrected chi connectivity index (χ3v) is 11.5. The number of carboxylic acids is 1. The summed E-state index contributed by atoms with van der Waals surface area (Å²) in [4.78, 5) is 68.6. The number of anilines is 1. The maximum Gasteiger partial charge on any atom is 0.337 e. The Morgan fingerprint density at radius 1 is 1.15 bits per heavy atom. The summed E-state index contributed by atoms with van der Waals surface area (Å²) in [6.45, 7) is 1.97. The third-order valence-electron chi connectivity index (χ3n) is 8.59. The first-order valence-electron chi connectivity index (χ1n) is 15.3. The van der Waals surface area contributed by atoms with Crippen molar-refractivity contribution in [2.24, 2.45) is 12.5 Å². The molecule has 2 aliphatic heterocycles. The monoisotopic (exact) mass is 696 g/mol. The van der Waals surface area contributed by atoms with Crippen LogP contribution in [0.4, 0.5) is 14.9 Å². The molecule has 4 aromatic rings. The molecule has 0 saturated carbocycles. The lowest BCUT2D eigenvalue weighted by Gasteiger charge is -2.56. The number of aromatic nitrogens is 5. The number of rotatable bonds is 11. The first-order valence-corrected chi connectivity index (χ1v) is 17.3. The minimum absolute atomic E-state index is 0.0983. The van der Waals surface area contributed by atoms with E-state index < -0.39 is 58.7 Å². The van der Waals surface area contributed by atoms with Gasteiger partial charge in [0.1, 0.15) is 27.7 Å². The van der Waals surface area contributed by atoms with Crippen molar-refractivity contribution in [1.82, 2.24) is 34.3 Å². The van der Waals surface area contributed by atoms with Crippen LogP contribution in [0, 0.1) is 11.2 Å². The number of para-hydroxylation sites is 3. The summed E-state index contributed by atoms with van der Waals surface area (Å²) in [5, 5.41) is 20.9. The number of benzene rings is 2. The number of hydrogen-bond acceptors (Lipinski definition) is 9. The van der Waals surface area contributed by atoms with Gasteiger partial charge in [0, 0.05) is 31.6 Å². The lowest BCUT2D eigenvalue weighted by Crippen LogP contribution is -2.75. The van der Waals surface area contributed by atoms with Crippen LogP contribution in [0.5, 0.6) is 0 Å². The highest BCUT2D eigenvalue weighted by Crippen LogP contribution is 2.46. The molecule has 3 amide bonds. The molecular formula is C31H33FN8O6S2. The van der Waals surface area contributed by atoms with Crippen LogP contribution in [0.25, 0.3) is 11.0 Å². The summed E-state index contributed by atoms with van der Waals surface area (Å²) in [5.41, 5.74) is -1.21. The van der Waals surface area contributed by atoms with Crippen molar-refractivity contribution in [3.63, 3.8) is 0 Å². The zero-order valence-corrected chi connectivity index (χ0v) is 27.7. The summed E-state index contributed by atoms with van der Waals surface area (Å²) in [7, 11) is 1.52. The predicted molar refractivity (Wildman–Crippen MR) is 177 cm³/mol. The standard InChI is InChI=1S/C31H33FN8O6S2/c1-3-4-13-38-24(15-34-35-38)47-17-31(28(43)44)16-37-26(42)25(27(37)48-18-31)39(20-10-6-5-9-19(20)32)23(41)14-33-29(45)40-22-12-8-7-11-21(22)36(2)30(40)46/h5-12,15,25,27H,3-4,13-14,16-18H2,1-2H3,(H,33,45)(H,43,44)/t25?,27-,31?/m1/s1. The topological polar surface area (TPSA) is 165 Å². The number of hydrogen-bond donors (Lipinski definition) is 2. The van der Waals surface area contributed by atoms with E-state index >= 15 is 4.39 Å². The number of thioether (sulfide) groups is 2. The summed E-state index contributed by atoms with van der Waals surface area (Å²) >= 11 is 2.52. The number of fused-ring (bicyclic) bond motifs is 2. The molecule has 2 N–H and O–H groups in total. The number of carbonyl (C=O) groups excluding carboxylic acids is 3. The van der Waals surface area contributed by atoms with Crippen LogP contribution >= 0.6 is 23.5 Å². The molecule has 48 heavy (non-hydrogen) atoms. The quantitative estimate of drug-likeness (QED) is 0.176. The van der Waals surface area contributed by atoms with E-state index in [0.717, 1.165) is 33.4 Å². The number of β-lactam (4-membered cyclic amide) rings is 1. The van der Waals surface area contributed by atoms with Gasteiger partial charge in [0.05, 0.1) is 29.5 Å². The van der Waals surface area contributed by atoms with Crippen molar-refractivity contribution in [2.75, 3.05) is 29.5 Å². The van der Waals surface area contributed by atoms with Gasteiger partial charge < -0.3 is 15.3 Å². The Labute approximate surface area is 282 Å². The lowest BCUT2D eigenvalue weighted by atomic mass is 9.89. The maximum absolute atomic E-state index is 15.2. The van der Waals surface area contributed by atoms with Crippen LogP contribution in [0.1, 0.15) is 19.8 Å². The van der Waals surface area contributed by atoms with Crippen molar-refractivity contribution in [3.05, 3.63) is 71.0 Å². The number of amides is 3. The number of carboxylic acid groups (broad SMARTS) is 1.